The molecule has 2 aromatic rings. The minimum absolute atomic E-state index is 0.00929. The van der Waals surface area contributed by atoms with Gasteiger partial charge < -0.3 is 24.2 Å². The van der Waals surface area contributed by atoms with E-state index < -0.39 is 5.60 Å². The Morgan fingerprint density at radius 1 is 0.889 bits per heavy atom. The van der Waals surface area contributed by atoms with Crippen molar-refractivity contribution in [2.45, 2.75) is 83.8 Å². The van der Waals surface area contributed by atoms with Crippen LogP contribution in [0, 0.1) is 24.2 Å². The van der Waals surface area contributed by atoms with Gasteiger partial charge in [0.1, 0.15) is 23.5 Å². The van der Waals surface area contributed by atoms with Gasteiger partial charge in [-0.15, -0.1) is 0 Å². The Hall–Kier alpha value is -3.28. The molecule has 3 aliphatic heterocycles. The zero-order valence-corrected chi connectivity index (χ0v) is 27.9. The number of amides is 2. The van der Waals surface area contributed by atoms with Crippen molar-refractivity contribution in [2.75, 3.05) is 45.8 Å². The number of hydrogen-bond acceptors (Lipinski definition) is 6. The van der Waals surface area contributed by atoms with Crippen LogP contribution < -0.4 is 4.74 Å². The first-order valence-corrected chi connectivity index (χ1v) is 16.8. The first-order valence-electron chi connectivity index (χ1n) is 16.5. The lowest BCUT2D eigenvalue weighted by Crippen LogP contribution is -2.44. The Balaban J connectivity index is 1.03. The summed E-state index contributed by atoms with van der Waals surface area (Å²) in [7, 11) is 0. The number of hydrogen-bond donors (Lipinski definition) is 0. The molecule has 2 amide bonds. The summed E-state index contributed by atoms with van der Waals surface area (Å²) in [5.41, 5.74) is 2.83. The lowest BCUT2D eigenvalue weighted by molar-refractivity contribution is 0.0165. The second-order valence-corrected chi connectivity index (χ2v) is 14.3. The van der Waals surface area contributed by atoms with Crippen molar-refractivity contribution in [3.63, 3.8) is 0 Å². The highest BCUT2D eigenvalue weighted by atomic mass is 35.5. The van der Waals surface area contributed by atoms with Crippen LogP contribution in [0.2, 0.25) is 5.02 Å². The van der Waals surface area contributed by atoms with Crippen LogP contribution in [0.1, 0.15) is 92.3 Å². The monoisotopic (exact) mass is 634 g/mol. The summed E-state index contributed by atoms with van der Waals surface area (Å²) < 4.78 is 11.7. The molecule has 0 bridgehead atoms. The van der Waals surface area contributed by atoms with Crippen molar-refractivity contribution < 1.29 is 19.1 Å². The average molecular weight is 635 g/mol. The number of halogens is 1. The standard InChI is InChI=1S/C36H47ClN4O4/c1-25-32(10-9-30(23-38)33(25)37)44-31-15-21-40(22-16-31)34(42)29-7-5-27(6-8-29)28-13-17-39(18-14-28)24-26-11-19-41(20-12-26)35(43)45-36(2,3)4/h5-10,26,28,31H,11-22,24H2,1-4H3. The van der Waals surface area contributed by atoms with E-state index in [2.05, 4.69) is 23.1 Å². The quantitative estimate of drug-likeness (QED) is 0.339. The van der Waals surface area contributed by atoms with Gasteiger partial charge in [0.2, 0.25) is 0 Å². The van der Waals surface area contributed by atoms with E-state index in [1.807, 2.05) is 55.7 Å². The molecule has 3 fully saturated rings. The molecule has 0 atom stereocenters. The molecule has 3 saturated heterocycles. The summed E-state index contributed by atoms with van der Waals surface area (Å²) in [6.07, 6.45) is 5.64. The largest absolute Gasteiger partial charge is 0.490 e. The summed E-state index contributed by atoms with van der Waals surface area (Å²) in [5.74, 6) is 1.92. The van der Waals surface area contributed by atoms with Gasteiger partial charge in [-0.1, -0.05) is 23.7 Å². The lowest BCUT2D eigenvalue weighted by atomic mass is 9.88. The van der Waals surface area contributed by atoms with Gasteiger partial charge in [0.25, 0.3) is 5.91 Å². The summed E-state index contributed by atoms with van der Waals surface area (Å²) >= 11 is 6.31. The van der Waals surface area contributed by atoms with Crippen molar-refractivity contribution in [3.05, 3.63) is 63.7 Å². The third-order valence-corrected chi connectivity index (χ3v) is 9.97. The maximum Gasteiger partial charge on any atom is 0.410 e. The number of carbonyl (C=O) groups excluding carboxylic acids is 2. The molecule has 0 aromatic heterocycles. The molecule has 0 N–H and O–H groups in total. The average Bonchev–Trinajstić information content (AvgIpc) is 3.03. The molecule has 242 valence electrons. The van der Waals surface area contributed by atoms with Crippen molar-refractivity contribution in [2.24, 2.45) is 5.92 Å². The molecule has 0 saturated carbocycles. The Kier molecular flexibility index (Phi) is 10.6. The number of carbonyl (C=O) groups is 2. The zero-order valence-electron chi connectivity index (χ0n) is 27.2. The van der Waals surface area contributed by atoms with Gasteiger partial charge >= 0.3 is 6.09 Å². The van der Waals surface area contributed by atoms with Crippen molar-refractivity contribution in [1.29, 1.82) is 5.26 Å². The first-order chi connectivity index (χ1) is 21.5. The number of piperidine rings is 3. The van der Waals surface area contributed by atoms with Crippen LogP contribution in [0.25, 0.3) is 0 Å². The molecular formula is C36H47ClN4O4. The Bertz CT molecular complexity index is 1380. The highest BCUT2D eigenvalue weighted by Crippen LogP contribution is 2.32. The highest BCUT2D eigenvalue weighted by molar-refractivity contribution is 6.32. The number of rotatable bonds is 6. The van der Waals surface area contributed by atoms with E-state index in [-0.39, 0.29) is 18.1 Å². The molecule has 5 rings (SSSR count). The number of nitrogens with zero attached hydrogens (tertiary/aromatic N) is 4. The molecule has 9 heteroatoms. The molecule has 0 radical (unpaired) electrons. The van der Waals surface area contributed by atoms with Crippen LogP contribution in [0.3, 0.4) is 0 Å². The fourth-order valence-corrected chi connectivity index (χ4v) is 6.96. The summed E-state index contributed by atoms with van der Waals surface area (Å²) in [4.78, 5) is 32.0. The summed E-state index contributed by atoms with van der Waals surface area (Å²) in [6, 6.07) is 13.9. The fourth-order valence-electron chi connectivity index (χ4n) is 6.76. The first kappa shape index (κ1) is 33.1. The normalized spacial score (nSPS) is 19.3. The SMILES string of the molecule is Cc1c(OC2CCN(C(=O)c3ccc(C4CCN(CC5CCN(C(=O)OC(C)(C)C)CC5)CC4)cc3)CC2)ccc(C#N)c1Cl. The number of likely N-dealkylation sites (tertiary alicyclic amines) is 3. The van der Waals surface area contributed by atoms with Gasteiger partial charge in [-0.05, 0) is 108 Å². The van der Waals surface area contributed by atoms with Gasteiger partial charge in [0.05, 0.1) is 10.6 Å². The van der Waals surface area contributed by atoms with Crippen LogP contribution in [-0.4, -0.2) is 84.2 Å². The third-order valence-electron chi connectivity index (χ3n) is 9.48. The van der Waals surface area contributed by atoms with E-state index in [0.717, 1.165) is 82.4 Å². The van der Waals surface area contributed by atoms with Crippen molar-refractivity contribution >= 4 is 23.6 Å². The molecule has 45 heavy (non-hydrogen) atoms. The van der Waals surface area contributed by atoms with Gasteiger partial charge in [-0.25, -0.2) is 4.79 Å². The smallest absolute Gasteiger partial charge is 0.410 e. The van der Waals surface area contributed by atoms with E-state index in [9.17, 15) is 14.9 Å². The summed E-state index contributed by atoms with van der Waals surface area (Å²) in [6.45, 7) is 13.7. The predicted octanol–water partition coefficient (Wildman–Crippen LogP) is 7.03. The maximum absolute atomic E-state index is 13.3. The molecule has 8 nitrogen and oxygen atoms in total. The molecule has 3 aliphatic rings. The van der Waals surface area contributed by atoms with E-state index in [0.29, 0.717) is 41.3 Å². The maximum atomic E-state index is 13.3. The van der Waals surface area contributed by atoms with Crippen LogP contribution in [0.15, 0.2) is 36.4 Å². The zero-order chi connectivity index (χ0) is 32.1. The second kappa shape index (κ2) is 14.4. The van der Waals surface area contributed by atoms with E-state index in [1.54, 1.807) is 6.07 Å². The van der Waals surface area contributed by atoms with Gasteiger partial charge in [-0.3, -0.25) is 4.79 Å². The molecular weight excluding hydrogens is 588 g/mol. The fraction of sp³-hybridized carbons (Fsp3) is 0.583. The number of nitriles is 1. The molecule has 0 unspecified atom stereocenters. The van der Waals surface area contributed by atoms with Gasteiger partial charge in [0.15, 0.2) is 0 Å². The molecule has 3 heterocycles. The van der Waals surface area contributed by atoms with E-state index in [1.165, 1.54) is 5.56 Å². The minimum atomic E-state index is -0.452. The number of ether oxygens (including phenoxy) is 2. The Morgan fingerprint density at radius 3 is 2.11 bits per heavy atom. The topological polar surface area (TPSA) is 86.1 Å². The van der Waals surface area contributed by atoms with Crippen LogP contribution in [0.5, 0.6) is 5.75 Å². The predicted molar refractivity (Wildman–Crippen MR) is 176 cm³/mol. The van der Waals surface area contributed by atoms with Gasteiger partial charge in [0, 0.05) is 56.7 Å². The van der Waals surface area contributed by atoms with Crippen molar-refractivity contribution in [1.82, 2.24) is 14.7 Å². The molecule has 0 aliphatic carbocycles. The molecule has 0 spiro atoms. The minimum Gasteiger partial charge on any atom is -0.490 e. The van der Waals surface area contributed by atoms with E-state index in [4.69, 9.17) is 21.1 Å². The van der Waals surface area contributed by atoms with Gasteiger partial charge in [-0.2, -0.15) is 5.26 Å². The van der Waals surface area contributed by atoms with Crippen LogP contribution in [0.4, 0.5) is 4.79 Å². The number of benzene rings is 2. The highest BCUT2D eigenvalue weighted by Gasteiger charge is 2.30. The third kappa shape index (κ3) is 8.51. The second-order valence-electron chi connectivity index (χ2n) is 13.9. The van der Waals surface area contributed by atoms with Crippen LogP contribution >= 0.6 is 11.6 Å². The summed E-state index contributed by atoms with van der Waals surface area (Å²) in [5, 5.41) is 9.62. The Morgan fingerprint density at radius 2 is 1.51 bits per heavy atom. The van der Waals surface area contributed by atoms with Crippen LogP contribution in [-0.2, 0) is 4.74 Å². The van der Waals surface area contributed by atoms with Crippen molar-refractivity contribution in [3.8, 4) is 11.8 Å². The van der Waals surface area contributed by atoms with E-state index >= 15 is 0 Å². The Labute approximate surface area is 273 Å². The lowest BCUT2D eigenvalue weighted by Gasteiger charge is -2.38. The molecule has 2 aromatic carbocycles.